The van der Waals surface area contributed by atoms with Gasteiger partial charge in [-0.3, -0.25) is 0 Å². The van der Waals surface area contributed by atoms with E-state index in [4.69, 9.17) is 9.47 Å². The quantitative estimate of drug-likeness (QED) is 0.224. The summed E-state index contributed by atoms with van der Waals surface area (Å²) in [6.07, 6.45) is 2.44. The topological polar surface area (TPSA) is 97.1 Å². The summed E-state index contributed by atoms with van der Waals surface area (Å²) in [5.74, 6) is -0.640. The molecule has 0 saturated heterocycles. The third-order valence-electron chi connectivity index (χ3n) is 2.71. The fraction of sp³-hybridized carbons (Fsp3) is 0.571. The molecule has 0 aliphatic carbocycles. The molecule has 0 bridgehead atoms. The molecule has 0 atom stereocenters. The van der Waals surface area contributed by atoms with Crippen LogP contribution in [0.2, 0.25) is 0 Å². The minimum atomic E-state index is -0.640. The summed E-state index contributed by atoms with van der Waals surface area (Å²) in [5, 5.41) is 21.1. The Hall–Kier alpha value is -1.63. The highest BCUT2D eigenvalue weighted by Gasteiger charge is 2.16. The van der Waals surface area contributed by atoms with Gasteiger partial charge in [0.25, 0.3) is 0 Å². The van der Waals surface area contributed by atoms with Gasteiger partial charge >= 0.3 is 5.97 Å². The maximum Gasteiger partial charge on any atom is 0.350 e. The number of ether oxygens (including phenoxy) is 2. The van der Waals surface area contributed by atoms with Crippen molar-refractivity contribution in [2.24, 2.45) is 0 Å². The third kappa shape index (κ3) is 6.56. The van der Waals surface area contributed by atoms with Crippen molar-refractivity contribution >= 4 is 29.1 Å². The van der Waals surface area contributed by atoms with E-state index in [1.165, 1.54) is 23.1 Å². The number of hydrogen-bond donors (Lipinski definition) is 1. The molecular formula is C14H20N4O3S2. The number of nitrogens with zero attached hydrogens (tertiary/aromatic N) is 3. The van der Waals surface area contributed by atoms with E-state index in [0.29, 0.717) is 31.9 Å². The van der Waals surface area contributed by atoms with Gasteiger partial charge in [0.05, 0.1) is 13.2 Å². The number of aromatic nitrogens is 2. The molecule has 9 heteroatoms. The third-order valence-corrected chi connectivity index (χ3v) is 4.61. The molecule has 0 aliphatic heterocycles. The van der Waals surface area contributed by atoms with Gasteiger partial charge in [-0.1, -0.05) is 30.0 Å². The average Bonchev–Trinajstić information content (AvgIpc) is 3.03. The van der Waals surface area contributed by atoms with Gasteiger partial charge in [-0.25, -0.2) is 4.79 Å². The highest BCUT2D eigenvalue weighted by Crippen LogP contribution is 2.19. The molecule has 1 aromatic rings. The van der Waals surface area contributed by atoms with Gasteiger partial charge in [-0.15, -0.1) is 10.2 Å². The summed E-state index contributed by atoms with van der Waals surface area (Å²) in [7, 11) is 0. The predicted molar refractivity (Wildman–Crippen MR) is 88.9 cm³/mol. The van der Waals surface area contributed by atoms with Crippen LogP contribution in [-0.2, 0) is 20.8 Å². The van der Waals surface area contributed by atoms with Crippen molar-refractivity contribution in [2.75, 3.05) is 26.1 Å². The second-order valence-electron chi connectivity index (χ2n) is 4.17. The molecule has 1 aromatic heterocycles. The zero-order valence-electron chi connectivity index (χ0n) is 13.4. The lowest BCUT2D eigenvalue weighted by atomic mass is 10.2. The molecule has 0 fully saturated rings. The molecule has 7 nitrogen and oxygen atoms in total. The van der Waals surface area contributed by atoms with E-state index >= 15 is 0 Å². The molecule has 1 N–H and O–H groups in total. The van der Waals surface area contributed by atoms with Crippen LogP contribution in [0, 0.1) is 11.3 Å². The fourth-order valence-corrected chi connectivity index (χ4v) is 2.86. The Morgan fingerprint density at radius 3 is 2.74 bits per heavy atom. The molecular weight excluding hydrogens is 336 g/mol. The second-order valence-corrected chi connectivity index (χ2v) is 6.29. The zero-order valence-corrected chi connectivity index (χ0v) is 15.1. The molecule has 126 valence electrons. The Kier molecular flexibility index (Phi) is 9.28. The van der Waals surface area contributed by atoms with Crippen LogP contribution in [0.4, 0.5) is 0 Å². The Morgan fingerprint density at radius 2 is 2.17 bits per heavy atom. The molecule has 0 aromatic carbocycles. The number of carbonyl (C=O) groups excluding carboxylic acids is 1. The lowest BCUT2D eigenvalue weighted by Gasteiger charge is -2.10. The van der Waals surface area contributed by atoms with Crippen LogP contribution in [0.1, 0.15) is 25.3 Å². The number of allylic oxidation sites excluding steroid dienone is 1. The van der Waals surface area contributed by atoms with E-state index < -0.39 is 5.97 Å². The maximum absolute atomic E-state index is 12.0. The summed E-state index contributed by atoms with van der Waals surface area (Å²) in [4.78, 5) is 12.0. The Bertz CT molecular complexity index is 581. The van der Waals surface area contributed by atoms with E-state index in [2.05, 4.69) is 15.5 Å². The number of rotatable bonds is 10. The molecule has 23 heavy (non-hydrogen) atoms. The van der Waals surface area contributed by atoms with E-state index in [9.17, 15) is 10.1 Å². The van der Waals surface area contributed by atoms with Crippen LogP contribution in [0.25, 0.3) is 0 Å². The fourth-order valence-electron chi connectivity index (χ4n) is 1.61. The van der Waals surface area contributed by atoms with E-state index in [1.807, 2.05) is 26.2 Å². The first kappa shape index (κ1) is 19.4. The predicted octanol–water partition coefficient (Wildman–Crippen LogP) is 2.12. The number of nitriles is 1. The monoisotopic (exact) mass is 356 g/mol. The Labute approximate surface area is 144 Å². The summed E-state index contributed by atoms with van der Waals surface area (Å²) in [6, 6.07) is 1.91. The number of thioether (sulfide) groups is 1. The molecule has 0 aliphatic rings. The number of hydrogen-bond acceptors (Lipinski definition) is 9. The highest BCUT2D eigenvalue weighted by atomic mass is 32.2. The molecule has 0 spiro atoms. The molecule has 1 rings (SSSR count). The summed E-state index contributed by atoms with van der Waals surface area (Å²) < 4.78 is 11.0. The number of nitrogens with one attached hydrogen (secondary N) is 1. The standard InChI is InChI=1S/C14H20N4O3S2/c1-4-11(16-9-12-17-18-14(22-3)23-12)10(8-15)13(19)21-7-6-20-5-2/h16H,4-7,9H2,1-3H3/b11-10+. The molecule has 0 unspecified atom stereocenters. The van der Waals surface area contributed by atoms with Gasteiger partial charge in [0, 0.05) is 12.3 Å². The van der Waals surface area contributed by atoms with Crippen molar-refractivity contribution in [3.63, 3.8) is 0 Å². The Morgan fingerprint density at radius 1 is 1.39 bits per heavy atom. The first-order valence-corrected chi connectivity index (χ1v) is 9.18. The molecule has 1 heterocycles. The summed E-state index contributed by atoms with van der Waals surface area (Å²) in [5.41, 5.74) is 0.522. The van der Waals surface area contributed by atoms with Gasteiger partial charge in [-0.05, 0) is 19.6 Å². The van der Waals surface area contributed by atoms with Crippen LogP contribution in [0.3, 0.4) is 0 Å². The minimum absolute atomic E-state index is 0.0152. The van der Waals surface area contributed by atoms with Gasteiger partial charge in [-0.2, -0.15) is 5.26 Å². The van der Waals surface area contributed by atoms with Crippen LogP contribution in [0.5, 0.6) is 0 Å². The van der Waals surface area contributed by atoms with Crippen LogP contribution in [0.15, 0.2) is 15.6 Å². The van der Waals surface area contributed by atoms with Crippen LogP contribution in [-0.4, -0.2) is 42.2 Å². The number of carbonyl (C=O) groups is 1. The molecule has 0 saturated carbocycles. The number of esters is 1. The zero-order chi connectivity index (χ0) is 17.1. The van der Waals surface area contributed by atoms with Crippen LogP contribution < -0.4 is 5.32 Å². The highest BCUT2D eigenvalue weighted by molar-refractivity contribution is 8.00. The van der Waals surface area contributed by atoms with Crippen molar-refractivity contribution in [3.05, 3.63) is 16.3 Å². The van der Waals surface area contributed by atoms with Gasteiger partial charge < -0.3 is 14.8 Å². The average molecular weight is 356 g/mol. The van der Waals surface area contributed by atoms with E-state index in [0.717, 1.165) is 9.35 Å². The van der Waals surface area contributed by atoms with Crippen LogP contribution >= 0.6 is 23.1 Å². The first-order chi connectivity index (χ1) is 11.2. The van der Waals surface area contributed by atoms with Crippen molar-refractivity contribution in [1.29, 1.82) is 5.26 Å². The summed E-state index contributed by atoms with van der Waals surface area (Å²) in [6.45, 7) is 5.14. The SMILES string of the molecule is CCOCCOC(=O)/C(C#N)=C(\CC)NCc1nnc(SC)s1. The van der Waals surface area contributed by atoms with E-state index in [-0.39, 0.29) is 12.2 Å². The van der Waals surface area contributed by atoms with Crippen molar-refractivity contribution in [3.8, 4) is 6.07 Å². The largest absolute Gasteiger partial charge is 0.459 e. The van der Waals surface area contributed by atoms with Crippen molar-refractivity contribution in [2.45, 2.75) is 31.2 Å². The summed E-state index contributed by atoms with van der Waals surface area (Å²) >= 11 is 3.00. The smallest absolute Gasteiger partial charge is 0.350 e. The van der Waals surface area contributed by atoms with Crippen molar-refractivity contribution < 1.29 is 14.3 Å². The minimum Gasteiger partial charge on any atom is -0.459 e. The molecule has 0 radical (unpaired) electrons. The Balaban J connectivity index is 2.66. The van der Waals surface area contributed by atoms with Gasteiger partial charge in [0.15, 0.2) is 9.91 Å². The normalized spacial score (nSPS) is 11.6. The lowest BCUT2D eigenvalue weighted by molar-refractivity contribution is -0.140. The molecule has 0 amide bonds. The second kappa shape index (κ2) is 11.0. The maximum atomic E-state index is 12.0. The van der Waals surface area contributed by atoms with Gasteiger partial charge in [0.2, 0.25) is 0 Å². The van der Waals surface area contributed by atoms with E-state index in [1.54, 1.807) is 0 Å². The van der Waals surface area contributed by atoms with Gasteiger partial charge in [0.1, 0.15) is 17.7 Å². The van der Waals surface area contributed by atoms with Crippen molar-refractivity contribution in [1.82, 2.24) is 15.5 Å². The lowest BCUT2D eigenvalue weighted by Crippen LogP contribution is -2.20. The first-order valence-electron chi connectivity index (χ1n) is 7.14.